The number of hydrogen-bond acceptors (Lipinski definition) is 6. The first kappa shape index (κ1) is 19.3. The Kier molecular flexibility index (Phi) is 6.18. The van der Waals surface area contributed by atoms with Gasteiger partial charge in [-0.25, -0.2) is 9.97 Å². The van der Waals surface area contributed by atoms with Crippen molar-refractivity contribution in [1.29, 1.82) is 0 Å². The lowest BCUT2D eigenvalue weighted by molar-refractivity contribution is 0.0945. The number of nitrogens with zero attached hydrogens (tertiary/aromatic N) is 2. The van der Waals surface area contributed by atoms with Crippen LogP contribution in [0.1, 0.15) is 21.6 Å². The number of benzene rings is 2. The molecule has 7 heteroatoms. The minimum absolute atomic E-state index is 0.0847. The van der Waals surface area contributed by atoms with Gasteiger partial charge in [-0.2, -0.15) is 0 Å². The maximum absolute atomic E-state index is 11.9. The zero-order chi connectivity index (χ0) is 19.9. The molecule has 0 radical (unpaired) electrons. The predicted molar refractivity (Wildman–Crippen MR) is 107 cm³/mol. The van der Waals surface area contributed by atoms with E-state index in [1.165, 1.54) is 0 Å². The molecule has 7 nitrogen and oxygen atoms in total. The zero-order valence-electron chi connectivity index (χ0n) is 15.3. The van der Waals surface area contributed by atoms with E-state index >= 15 is 0 Å². The minimum Gasteiger partial charge on any atom is -0.508 e. The van der Waals surface area contributed by atoms with Crippen LogP contribution in [-0.2, 0) is 12.8 Å². The van der Waals surface area contributed by atoms with E-state index < -0.39 is 0 Å². The molecule has 0 fully saturated rings. The molecule has 0 aliphatic rings. The molecule has 144 valence electrons. The minimum atomic E-state index is -0.205. The molecule has 0 atom stereocenters. The summed E-state index contributed by atoms with van der Waals surface area (Å²) in [5, 5.41) is 20.8. The number of aliphatic hydroxyl groups excluding tert-OH is 1. The SMILES string of the molecule is Nc1ncc(CCc2ccc(C(=O)NCCO)cc2)nc1-c1ccc(O)cc1. The Morgan fingerprint density at radius 2 is 1.75 bits per heavy atom. The summed E-state index contributed by atoms with van der Waals surface area (Å²) in [5.74, 6) is 0.316. The molecule has 1 amide bonds. The van der Waals surface area contributed by atoms with Crippen LogP contribution in [0.2, 0.25) is 0 Å². The molecular formula is C21H22N4O3. The molecular weight excluding hydrogens is 356 g/mol. The molecule has 0 spiro atoms. The smallest absolute Gasteiger partial charge is 0.251 e. The molecule has 3 rings (SSSR count). The Hall–Kier alpha value is -3.45. The van der Waals surface area contributed by atoms with E-state index in [9.17, 15) is 9.90 Å². The maximum atomic E-state index is 11.9. The molecule has 1 aromatic heterocycles. The van der Waals surface area contributed by atoms with Gasteiger partial charge in [0, 0.05) is 17.7 Å². The zero-order valence-corrected chi connectivity index (χ0v) is 15.3. The summed E-state index contributed by atoms with van der Waals surface area (Å²) in [7, 11) is 0. The number of aliphatic hydroxyl groups is 1. The monoisotopic (exact) mass is 378 g/mol. The van der Waals surface area contributed by atoms with Gasteiger partial charge in [0.05, 0.1) is 18.5 Å². The van der Waals surface area contributed by atoms with Gasteiger partial charge in [0.15, 0.2) is 0 Å². The summed E-state index contributed by atoms with van der Waals surface area (Å²) >= 11 is 0. The maximum Gasteiger partial charge on any atom is 0.251 e. The molecule has 5 N–H and O–H groups in total. The Labute approximate surface area is 162 Å². The number of nitrogens with two attached hydrogens (primary N) is 1. The highest BCUT2D eigenvalue weighted by molar-refractivity contribution is 5.94. The highest BCUT2D eigenvalue weighted by Gasteiger charge is 2.09. The number of aromatic nitrogens is 2. The van der Waals surface area contributed by atoms with Crippen molar-refractivity contribution < 1.29 is 15.0 Å². The fraction of sp³-hybridized carbons (Fsp3) is 0.190. The number of nitrogens with one attached hydrogen (secondary N) is 1. The second-order valence-corrected chi connectivity index (χ2v) is 6.32. The van der Waals surface area contributed by atoms with Crippen molar-refractivity contribution in [2.75, 3.05) is 18.9 Å². The highest BCUT2D eigenvalue weighted by Crippen LogP contribution is 2.24. The molecule has 0 aliphatic carbocycles. The fourth-order valence-electron chi connectivity index (χ4n) is 2.75. The summed E-state index contributed by atoms with van der Waals surface area (Å²) < 4.78 is 0. The quantitative estimate of drug-likeness (QED) is 0.498. The summed E-state index contributed by atoms with van der Waals surface area (Å²) in [4.78, 5) is 20.7. The standard InChI is InChI=1S/C21H22N4O3/c22-20-19(15-6-9-18(27)10-7-15)25-17(13-24-20)8-3-14-1-4-16(5-2-14)21(28)23-11-12-26/h1-2,4-7,9-10,13,26-27H,3,8,11-12H2,(H2,22,24)(H,23,28). The van der Waals surface area contributed by atoms with Crippen molar-refractivity contribution in [3.63, 3.8) is 0 Å². The van der Waals surface area contributed by atoms with Gasteiger partial charge in [-0.1, -0.05) is 12.1 Å². The van der Waals surface area contributed by atoms with Crippen molar-refractivity contribution in [3.05, 3.63) is 71.5 Å². The van der Waals surface area contributed by atoms with Gasteiger partial charge in [0.2, 0.25) is 0 Å². The van der Waals surface area contributed by atoms with Crippen LogP contribution >= 0.6 is 0 Å². The number of amides is 1. The van der Waals surface area contributed by atoms with Crippen LogP contribution in [0.15, 0.2) is 54.7 Å². The van der Waals surface area contributed by atoms with E-state index in [1.807, 2.05) is 12.1 Å². The number of carbonyl (C=O) groups is 1. The van der Waals surface area contributed by atoms with Crippen molar-refractivity contribution >= 4 is 11.7 Å². The normalized spacial score (nSPS) is 10.6. The van der Waals surface area contributed by atoms with Crippen LogP contribution in [0.5, 0.6) is 5.75 Å². The second kappa shape index (κ2) is 8.96. The van der Waals surface area contributed by atoms with Crippen LogP contribution in [0.25, 0.3) is 11.3 Å². The molecule has 2 aromatic carbocycles. The number of hydrogen-bond donors (Lipinski definition) is 4. The molecule has 0 unspecified atom stereocenters. The molecule has 0 aliphatic heterocycles. The lowest BCUT2D eigenvalue weighted by Gasteiger charge is -2.08. The van der Waals surface area contributed by atoms with Gasteiger partial charge in [-0.3, -0.25) is 4.79 Å². The average molecular weight is 378 g/mol. The van der Waals surface area contributed by atoms with E-state index in [1.54, 1.807) is 42.6 Å². The van der Waals surface area contributed by atoms with E-state index in [0.29, 0.717) is 23.5 Å². The largest absolute Gasteiger partial charge is 0.508 e. The third kappa shape index (κ3) is 4.83. The fourth-order valence-corrected chi connectivity index (χ4v) is 2.75. The lowest BCUT2D eigenvalue weighted by Crippen LogP contribution is -2.26. The van der Waals surface area contributed by atoms with Gasteiger partial charge in [-0.15, -0.1) is 0 Å². The molecule has 28 heavy (non-hydrogen) atoms. The van der Waals surface area contributed by atoms with E-state index in [2.05, 4.69) is 15.3 Å². The number of aromatic hydroxyl groups is 1. The van der Waals surface area contributed by atoms with Crippen LogP contribution in [0.4, 0.5) is 5.82 Å². The number of anilines is 1. The molecule has 0 saturated heterocycles. The predicted octanol–water partition coefficient (Wildman–Crippen LogP) is 1.94. The third-order valence-electron chi connectivity index (χ3n) is 4.27. The van der Waals surface area contributed by atoms with E-state index in [0.717, 1.165) is 23.2 Å². The van der Waals surface area contributed by atoms with Crippen molar-refractivity contribution in [1.82, 2.24) is 15.3 Å². The van der Waals surface area contributed by atoms with Gasteiger partial charge < -0.3 is 21.3 Å². The van der Waals surface area contributed by atoms with Crippen LogP contribution in [-0.4, -0.2) is 39.2 Å². The number of aryl methyl sites for hydroxylation is 2. The Balaban J connectivity index is 1.67. The lowest BCUT2D eigenvalue weighted by atomic mass is 10.1. The van der Waals surface area contributed by atoms with Crippen molar-refractivity contribution in [3.8, 4) is 17.0 Å². The van der Waals surface area contributed by atoms with Gasteiger partial charge >= 0.3 is 0 Å². The topological polar surface area (TPSA) is 121 Å². The van der Waals surface area contributed by atoms with Gasteiger partial charge in [0.25, 0.3) is 5.91 Å². The first-order valence-electron chi connectivity index (χ1n) is 8.95. The number of phenols is 1. The molecule has 0 saturated carbocycles. The Morgan fingerprint density at radius 3 is 2.43 bits per heavy atom. The van der Waals surface area contributed by atoms with Crippen LogP contribution in [0.3, 0.4) is 0 Å². The first-order chi connectivity index (χ1) is 13.6. The van der Waals surface area contributed by atoms with Gasteiger partial charge in [0.1, 0.15) is 17.3 Å². The number of phenolic OH excluding ortho intramolecular Hbond substituents is 1. The summed E-state index contributed by atoms with van der Waals surface area (Å²) in [5.41, 5.74) is 9.78. The summed E-state index contributed by atoms with van der Waals surface area (Å²) in [6.07, 6.45) is 3.08. The van der Waals surface area contributed by atoms with E-state index in [4.69, 9.17) is 10.8 Å². The average Bonchev–Trinajstić information content (AvgIpc) is 2.72. The van der Waals surface area contributed by atoms with Crippen LogP contribution < -0.4 is 11.1 Å². The Bertz CT molecular complexity index is 941. The number of carbonyl (C=O) groups excluding carboxylic acids is 1. The van der Waals surface area contributed by atoms with Crippen LogP contribution in [0, 0.1) is 0 Å². The Morgan fingerprint density at radius 1 is 1.04 bits per heavy atom. The molecule has 1 heterocycles. The first-order valence-corrected chi connectivity index (χ1v) is 8.95. The highest BCUT2D eigenvalue weighted by atomic mass is 16.3. The summed E-state index contributed by atoms with van der Waals surface area (Å²) in [6.45, 7) is 0.151. The number of nitrogen functional groups attached to an aromatic ring is 1. The number of rotatable bonds is 7. The van der Waals surface area contributed by atoms with E-state index in [-0.39, 0.29) is 24.8 Å². The van der Waals surface area contributed by atoms with Crippen molar-refractivity contribution in [2.24, 2.45) is 0 Å². The molecule has 0 bridgehead atoms. The molecule has 3 aromatic rings. The van der Waals surface area contributed by atoms with Gasteiger partial charge in [-0.05, 0) is 54.8 Å². The third-order valence-corrected chi connectivity index (χ3v) is 4.27. The second-order valence-electron chi connectivity index (χ2n) is 6.32. The summed E-state index contributed by atoms with van der Waals surface area (Å²) in [6, 6.07) is 14.0. The van der Waals surface area contributed by atoms with Crippen molar-refractivity contribution in [2.45, 2.75) is 12.8 Å².